The maximum atomic E-state index is 13.2. The number of H-pyrrole nitrogens is 1. The number of benzene rings is 1. The SMILES string of the molecule is CCC(C)Sc1nc2c(c(=O)[nH]1)C(c1cccc(Br)c1)C1=C(CC(C)(C)CC1=O)N2. The van der Waals surface area contributed by atoms with Crippen molar-refractivity contribution < 1.29 is 4.79 Å². The number of allylic oxidation sites excluding steroid dienone is 2. The van der Waals surface area contributed by atoms with Gasteiger partial charge in [-0.1, -0.05) is 67.5 Å². The normalized spacial score (nSPS) is 21.0. The summed E-state index contributed by atoms with van der Waals surface area (Å²) in [7, 11) is 0. The van der Waals surface area contributed by atoms with E-state index in [9.17, 15) is 9.59 Å². The summed E-state index contributed by atoms with van der Waals surface area (Å²) in [6, 6.07) is 7.84. The number of nitrogens with one attached hydrogen (secondary N) is 2. The standard InChI is InChI=1S/C23H26BrN3O2S/c1-5-12(2)30-22-26-20-19(21(29)27-22)17(13-7-6-8-14(24)9-13)18-15(25-20)10-23(3,4)11-16(18)28/h6-9,12,17H,5,10-11H2,1-4H3,(H2,25,26,27,29). The van der Waals surface area contributed by atoms with Gasteiger partial charge in [0.25, 0.3) is 5.56 Å². The lowest BCUT2D eigenvalue weighted by Crippen LogP contribution is -2.37. The summed E-state index contributed by atoms with van der Waals surface area (Å²) in [5, 5.41) is 4.33. The van der Waals surface area contributed by atoms with Gasteiger partial charge < -0.3 is 10.3 Å². The minimum Gasteiger partial charge on any atom is -0.343 e. The van der Waals surface area contributed by atoms with E-state index in [4.69, 9.17) is 4.98 Å². The van der Waals surface area contributed by atoms with Gasteiger partial charge >= 0.3 is 0 Å². The Morgan fingerprint density at radius 2 is 2.07 bits per heavy atom. The first-order valence-electron chi connectivity index (χ1n) is 10.3. The molecule has 0 saturated carbocycles. The molecule has 1 aliphatic carbocycles. The van der Waals surface area contributed by atoms with E-state index in [2.05, 4.69) is 53.9 Å². The molecule has 1 aliphatic heterocycles. The minimum absolute atomic E-state index is 0.0989. The lowest BCUT2D eigenvalue weighted by Gasteiger charge is -2.38. The van der Waals surface area contributed by atoms with Crippen LogP contribution in [-0.2, 0) is 4.79 Å². The lowest BCUT2D eigenvalue weighted by molar-refractivity contribution is -0.118. The molecule has 158 valence electrons. The van der Waals surface area contributed by atoms with Gasteiger partial charge in [-0.2, -0.15) is 0 Å². The Morgan fingerprint density at radius 1 is 1.30 bits per heavy atom. The van der Waals surface area contributed by atoms with Gasteiger partial charge in [0, 0.05) is 33.3 Å². The highest BCUT2D eigenvalue weighted by molar-refractivity contribution is 9.10. The number of carbonyl (C=O) groups is 1. The van der Waals surface area contributed by atoms with Crippen molar-refractivity contribution >= 4 is 39.3 Å². The third kappa shape index (κ3) is 4.02. The Bertz CT molecular complexity index is 1110. The number of anilines is 1. The second-order valence-electron chi connectivity index (χ2n) is 8.92. The first-order valence-corrected chi connectivity index (χ1v) is 12.0. The molecule has 0 spiro atoms. The number of nitrogens with zero attached hydrogens (tertiary/aromatic N) is 1. The van der Waals surface area contributed by atoms with Crippen molar-refractivity contribution in [2.75, 3.05) is 5.32 Å². The first kappa shape index (κ1) is 21.4. The van der Waals surface area contributed by atoms with E-state index >= 15 is 0 Å². The van der Waals surface area contributed by atoms with Crippen molar-refractivity contribution in [2.45, 2.75) is 63.3 Å². The Hall–Kier alpha value is -1.86. The maximum absolute atomic E-state index is 13.2. The summed E-state index contributed by atoms with van der Waals surface area (Å²) in [6.45, 7) is 8.44. The molecule has 2 N–H and O–H groups in total. The summed E-state index contributed by atoms with van der Waals surface area (Å²) >= 11 is 5.10. The predicted molar refractivity (Wildman–Crippen MR) is 125 cm³/mol. The fraction of sp³-hybridized carbons (Fsp3) is 0.435. The number of aromatic nitrogens is 2. The van der Waals surface area contributed by atoms with Crippen molar-refractivity contribution in [3.05, 3.63) is 61.5 Å². The number of thioether (sulfide) groups is 1. The van der Waals surface area contributed by atoms with E-state index in [1.807, 2.05) is 24.3 Å². The molecule has 5 nitrogen and oxygen atoms in total. The van der Waals surface area contributed by atoms with Crippen molar-refractivity contribution in [3.63, 3.8) is 0 Å². The van der Waals surface area contributed by atoms with Crippen LogP contribution >= 0.6 is 27.7 Å². The number of hydrogen-bond acceptors (Lipinski definition) is 5. The highest BCUT2D eigenvalue weighted by Crippen LogP contribution is 2.48. The van der Waals surface area contributed by atoms with Gasteiger partial charge in [-0.3, -0.25) is 9.59 Å². The molecule has 0 saturated heterocycles. The highest BCUT2D eigenvalue weighted by Gasteiger charge is 2.42. The molecule has 7 heteroatoms. The van der Waals surface area contributed by atoms with Gasteiger partial charge in [0.1, 0.15) is 5.82 Å². The zero-order valence-electron chi connectivity index (χ0n) is 17.6. The van der Waals surface area contributed by atoms with E-state index in [1.54, 1.807) is 11.8 Å². The summed E-state index contributed by atoms with van der Waals surface area (Å²) in [5.74, 6) is 0.247. The van der Waals surface area contributed by atoms with Gasteiger partial charge in [-0.05, 0) is 36.0 Å². The van der Waals surface area contributed by atoms with Crippen LogP contribution in [0.5, 0.6) is 0 Å². The van der Waals surface area contributed by atoms with Gasteiger partial charge in [0.2, 0.25) is 0 Å². The van der Waals surface area contributed by atoms with Gasteiger partial charge in [-0.15, -0.1) is 0 Å². The van der Waals surface area contributed by atoms with Gasteiger partial charge in [0.05, 0.1) is 5.56 Å². The Labute approximate surface area is 189 Å². The number of ketones is 1. The molecule has 0 radical (unpaired) electrons. The molecule has 0 fully saturated rings. The molecule has 4 rings (SSSR count). The Morgan fingerprint density at radius 3 is 2.77 bits per heavy atom. The maximum Gasteiger partial charge on any atom is 0.257 e. The molecule has 2 aliphatic rings. The molecule has 0 amide bonds. The van der Waals surface area contributed by atoms with E-state index < -0.39 is 5.92 Å². The molecule has 1 aromatic carbocycles. The number of Topliss-reactive ketones (excluding diaryl/α,β-unsaturated/α-hetero) is 1. The van der Waals surface area contributed by atoms with Crippen LogP contribution in [0.3, 0.4) is 0 Å². The van der Waals surface area contributed by atoms with E-state index in [1.165, 1.54) is 0 Å². The van der Waals surface area contributed by atoms with Crippen LogP contribution in [0, 0.1) is 5.41 Å². The van der Waals surface area contributed by atoms with Crippen LogP contribution in [-0.4, -0.2) is 21.0 Å². The average molecular weight is 488 g/mol. The van der Waals surface area contributed by atoms with Crippen molar-refractivity contribution in [1.82, 2.24) is 9.97 Å². The average Bonchev–Trinajstić information content (AvgIpc) is 2.65. The number of fused-ring (bicyclic) bond motifs is 1. The second-order valence-corrected chi connectivity index (χ2v) is 11.3. The van der Waals surface area contributed by atoms with Crippen LogP contribution in [0.4, 0.5) is 5.82 Å². The van der Waals surface area contributed by atoms with E-state index in [-0.39, 0.29) is 16.8 Å². The van der Waals surface area contributed by atoms with Crippen molar-refractivity contribution in [2.24, 2.45) is 5.41 Å². The van der Waals surface area contributed by atoms with Crippen molar-refractivity contribution in [3.8, 4) is 0 Å². The van der Waals surface area contributed by atoms with Crippen LogP contribution in [0.1, 0.15) is 64.0 Å². The summed E-state index contributed by atoms with van der Waals surface area (Å²) < 4.78 is 0.916. The third-order valence-corrected chi connectivity index (χ3v) is 7.42. The number of halogens is 1. The molecule has 2 unspecified atom stereocenters. The molecule has 2 atom stereocenters. The topological polar surface area (TPSA) is 74.8 Å². The summed E-state index contributed by atoms with van der Waals surface area (Å²) in [4.78, 5) is 34.2. The molecular weight excluding hydrogens is 462 g/mol. The number of carbonyl (C=O) groups excluding carboxylic acids is 1. The van der Waals surface area contributed by atoms with Crippen molar-refractivity contribution in [1.29, 1.82) is 0 Å². The second kappa shape index (κ2) is 8.00. The molecule has 2 heterocycles. The largest absolute Gasteiger partial charge is 0.343 e. The monoisotopic (exact) mass is 487 g/mol. The zero-order valence-corrected chi connectivity index (χ0v) is 20.0. The Balaban J connectivity index is 1.91. The fourth-order valence-electron chi connectivity index (χ4n) is 4.24. The Kier molecular flexibility index (Phi) is 5.70. The predicted octanol–water partition coefficient (Wildman–Crippen LogP) is 5.62. The molecule has 1 aromatic heterocycles. The molecule has 2 aromatic rings. The number of rotatable bonds is 4. The number of hydrogen-bond donors (Lipinski definition) is 2. The smallest absolute Gasteiger partial charge is 0.257 e. The number of aromatic amines is 1. The molecular formula is C23H26BrN3O2S. The fourth-order valence-corrected chi connectivity index (χ4v) is 5.50. The quantitative estimate of drug-likeness (QED) is 0.432. The van der Waals surface area contributed by atoms with Crippen LogP contribution in [0.2, 0.25) is 0 Å². The van der Waals surface area contributed by atoms with Gasteiger partial charge in [0.15, 0.2) is 10.9 Å². The third-order valence-electron chi connectivity index (χ3n) is 5.77. The summed E-state index contributed by atoms with van der Waals surface area (Å²) in [5.41, 5.74) is 2.72. The van der Waals surface area contributed by atoms with E-state index in [0.717, 1.165) is 28.6 Å². The van der Waals surface area contributed by atoms with Gasteiger partial charge in [-0.25, -0.2) is 4.98 Å². The lowest BCUT2D eigenvalue weighted by atomic mass is 9.69. The minimum atomic E-state index is -0.420. The summed E-state index contributed by atoms with van der Waals surface area (Å²) in [6.07, 6.45) is 2.21. The van der Waals surface area contributed by atoms with Crippen LogP contribution in [0.25, 0.3) is 0 Å². The molecule has 30 heavy (non-hydrogen) atoms. The molecule has 0 bridgehead atoms. The van der Waals surface area contributed by atoms with Crippen LogP contribution < -0.4 is 10.9 Å². The van der Waals surface area contributed by atoms with E-state index in [0.29, 0.717) is 33.8 Å². The first-order chi connectivity index (χ1) is 14.2. The van der Waals surface area contributed by atoms with Crippen LogP contribution in [0.15, 0.2) is 50.0 Å². The zero-order chi connectivity index (χ0) is 21.6. The highest BCUT2D eigenvalue weighted by atomic mass is 79.9.